The van der Waals surface area contributed by atoms with Gasteiger partial charge < -0.3 is 15.8 Å². The SMILES string of the molecule is CC(=O)Oc1cccc(C(=O)N[C@@H](Cc2cccc(Cl)c2)C(N)=O)c1. The van der Waals surface area contributed by atoms with Crippen LogP contribution >= 0.6 is 11.6 Å². The van der Waals surface area contributed by atoms with E-state index < -0.39 is 23.8 Å². The third-order valence-electron chi connectivity index (χ3n) is 3.34. The summed E-state index contributed by atoms with van der Waals surface area (Å²) in [5.41, 5.74) is 6.40. The molecule has 0 saturated carbocycles. The van der Waals surface area contributed by atoms with Crippen LogP contribution in [0.4, 0.5) is 0 Å². The first-order valence-corrected chi connectivity index (χ1v) is 7.86. The number of rotatable bonds is 6. The van der Waals surface area contributed by atoms with Crippen LogP contribution in [0.15, 0.2) is 48.5 Å². The minimum atomic E-state index is -0.900. The summed E-state index contributed by atoms with van der Waals surface area (Å²) < 4.78 is 4.94. The van der Waals surface area contributed by atoms with Crippen LogP contribution in [-0.2, 0) is 16.0 Å². The Balaban J connectivity index is 2.12. The summed E-state index contributed by atoms with van der Waals surface area (Å²) in [7, 11) is 0. The fourth-order valence-electron chi connectivity index (χ4n) is 2.23. The fraction of sp³-hybridized carbons (Fsp3) is 0.167. The number of hydrogen-bond donors (Lipinski definition) is 2. The van der Waals surface area contributed by atoms with Gasteiger partial charge in [-0.15, -0.1) is 0 Å². The van der Waals surface area contributed by atoms with Crippen LogP contribution in [-0.4, -0.2) is 23.8 Å². The second-order valence-electron chi connectivity index (χ2n) is 5.38. The fourth-order valence-corrected chi connectivity index (χ4v) is 2.44. The number of nitrogens with two attached hydrogens (primary N) is 1. The van der Waals surface area contributed by atoms with Crippen molar-refractivity contribution < 1.29 is 19.1 Å². The van der Waals surface area contributed by atoms with E-state index in [-0.39, 0.29) is 17.7 Å². The molecule has 0 aromatic heterocycles. The summed E-state index contributed by atoms with van der Waals surface area (Å²) >= 11 is 5.92. The molecule has 0 saturated heterocycles. The van der Waals surface area contributed by atoms with Crippen LogP contribution in [0.2, 0.25) is 5.02 Å². The standard InChI is InChI=1S/C18H17ClN2O4/c1-11(22)25-15-7-3-5-13(10-15)18(24)21-16(17(20)23)9-12-4-2-6-14(19)8-12/h2-8,10,16H,9H2,1H3,(H2,20,23)(H,21,24)/t16-/m0/s1. The highest BCUT2D eigenvalue weighted by Gasteiger charge is 2.20. The minimum absolute atomic E-state index is 0.214. The number of primary amides is 1. The van der Waals surface area contributed by atoms with Crippen molar-refractivity contribution in [1.29, 1.82) is 0 Å². The maximum atomic E-state index is 12.4. The average molecular weight is 361 g/mol. The number of carbonyl (C=O) groups excluding carboxylic acids is 3. The highest BCUT2D eigenvalue weighted by molar-refractivity contribution is 6.30. The first kappa shape index (κ1) is 18.5. The molecule has 2 aromatic carbocycles. The van der Waals surface area contributed by atoms with Crippen molar-refractivity contribution in [2.24, 2.45) is 5.73 Å². The maximum absolute atomic E-state index is 12.4. The topological polar surface area (TPSA) is 98.5 Å². The van der Waals surface area contributed by atoms with Crippen molar-refractivity contribution in [2.75, 3.05) is 0 Å². The molecule has 0 bridgehead atoms. The van der Waals surface area contributed by atoms with E-state index in [9.17, 15) is 14.4 Å². The monoisotopic (exact) mass is 360 g/mol. The zero-order valence-corrected chi connectivity index (χ0v) is 14.2. The van der Waals surface area contributed by atoms with Crippen LogP contribution in [0.25, 0.3) is 0 Å². The van der Waals surface area contributed by atoms with E-state index in [1.165, 1.54) is 13.0 Å². The lowest BCUT2D eigenvalue weighted by atomic mass is 10.0. The van der Waals surface area contributed by atoms with Gasteiger partial charge in [0, 0.05) is 23.9 Å². The van der Waals surface area contributed by atoms with Crippen LogP contribution in [0.1, 0.15) is 22.8 Å². The van der Waals surface area contributed by atoms with E-state index >= 15 is 0 Å². The Morgan fingerprint density at radius 2 is 1.88 bits per heavy atom. The Hall–Kier alpha value is -2.86. The van der Waals surface area contributed by atoms with Crippen molar-refractivity contribution >= 4 is 29.4 Å². The predicted octanol–water partition coefficient (Wildman–Crippen LogP) is 2.09. The molecule has 0 aliphatic carbocycles. The minimum Gasteiger partial charge on any atom is -0.427 e. The number of carbonyl (C=O) groups is 3. The highest BCUT2D eigenvalue weighted by atomic mass is 35.5. The zero-order valence-electron chi connectivity index (χ0n) is 13.5. The number of halogens is 1. The van der Waals surface area contributed by atoms with Gasteiger partial charge in [-0.05, 0) is 35.9 Å². The molecule has 0 heterocycles. The van der Waals surface area contributed by atoms with Gasteiger partial charge in [-0.3, -0.25) is 14.4 Å². The van der Waals surface area contributed by atoms with Crippen molar-refractivity contribution in [1.82, 2.24) is 5.32 Å². The van der Waals surface area contributed by atoms with Gasteiger partial charge in [-0.2, -0.15) is 0 Å². The normalized spacial score (nSPS) is 11.4. The quantitative estimate of drug-likeness (QED) is 0.608. The summed E-state index contributed by atoms with van der Waals surface area (Å²) in [5.74, 6) is -1.41. The van der Waals surface area contributed by atoms with E-state index in [1.54, 1.807) is 42.5 Å². The number of amides is 2. The molecule has 130 valence electrons. The van der Waals surface area contributed by atoms with Crippen LogP contribution in [0.5, 0.6) is 5.75 Å². The Bertz CT molecular complexity index is 807. The Kier molecular flexibility index (Phi) is 6.14. The summed E-state index contributed by atoms with van der Waals surface area (Å²) in [6.45, 7) is 1.26. The Morgan fingerprint density at radius 3 is 2.52 bits per heavy atom. The van der Waals surface area contributed by atoms with Gasteiger partial charge in [0.15, 0.2) is 0 Å². The number of benzene rings is 2. The molecular weight excluding hydrogens is 344 g/mol. The van der Waals surface area contributed by atoms with E-state index in [0.29, 0.717) is 5.02 Å². The lowest BCUT2D eigenvalue weighted by Gasteiger charge is -2.16. The number of ether oxygens (including phenoxy) is 1. The van der Waals surface area contributed by atoms with E-state index in [0.717, 1.165) is 5.56 Å². The van der Waals surface area contributed by atoms with Crippen molar-refractivity contribution in [2.45, 2.75) is 19.4 Å². The first-order chi connectivity index (χ1) is 11.8. The molecule has 2 rings (SSSR count). The van der Waals surface area contributed by atoms with Gasteiger partial charge in [0.25, 0.3) is 5.91 Å². The summed E-state index contributed by atoms with van der Waals surface area (Å²) in [4.78, 5) is 35.0. The summed E-state index contributed by atoms with van der Waals surface area (Å²) in [6, 6.07) is 12.1. The van der Waals surface area contributed by atoms with E-state index in [2.05, 4.69) is 5.32 Å². The van der Waals surface area contributed by atoms with E-state index in [1.807, 2.05) is 0 Å². The molecule has 0 unspecified atom stereocenters. The van der Waals surface area contributed by atoms with Gasteiger partial charge in [-0.1, -0.05) is 29.8 Å². The van der Waals surface area contributed by atoms with Crippen LogP contribution in [0.3, 0.4) is 0 Å². The molecule has 0 radical (unpaired) electrons. The van der Waals surface area contributed by atoms with Gasteiger partial charge in [0.2, 0.25) is 5.91 Å². The lowest BCUT2D eigenvalue weighted by molar-refractivity contribution is -0.131. The van der Waals surface area contributed by atoms with E-state index in [4.69, 9.17) is 22.1 Å². The van der Waals surface area contributed by atoms with Crippen LogP contribution < -0.4 is 15.8 Å². The zero-order chi connectivity index (χ0) is 18.4. The van der Waals surface area contributed by atoms with Crippen molar-refractivity contribution in [3.63, 3.8) is 0 Å². The molecule has 3 N–H and O–H groups in total. The highest BCUT2D eigenvalue weighted by Crippen LogP contribution is 2.15. The molecule has 1 atom stereocenters. The molecule has 6 nitrogen and oxygen atoms in total. The van der Waals surface area contributed by atoms with Crippen LogP contribution in [0, 0.1) is 0 Å². The molecule has 0 spiro atoms. The molecule has 0 aliphatic rings. The molecule has 2 amide bonds. The van der Waals surface area contributed by atoms with Gasteiger partial charge >= 0.3 is 5.97 Å². The smallest absolute Gasteiger partial charge is 0.308 e. The predicted molar refractivity (Wildman–Crippen MR) is 93.4 cm³/mol. The number of hydrogen-bond acceptors (Lipinski definition) is 4. The third kappa shape index (κ3) is 5.61. The molecule has 0 fully saturated rings. The van der Waals surface area contributed by atoms with Crippen molar-refractivity contribution in [3.8, 4) is 5.75 Å². The largest absolute Gasteiger partial charge is 0.427 e. The molecule has 0 aliphatic heterocycles. The number of esters is 1. The molecule has 2 aromatic rings. The van der Waals surface area contributed by atoms with Crippen molar-refractivity contribution in [3.05, 3.63) is 64.7 Å². The Morgan fingerprint density at radius 1 is 1.16 bits per heavy atom. The maximum Gasteiger partial charge on any atom is 0.308 e. The number of nitrogens with one attached hydrogen (secondary N) is 1. The second-order valence-corrected chi connectivity index (χ2v) is 5.82. The first-order valence-electron chi connectivity index (χ1n) is 7.48. The molecule has 25 heavy (non-hydrogen) atoms. The Labute approximate surface area is 149 Å². The van der Waals surface area contributed by atoms with Gasteiger partial charge in [0.1, 0.15) is 11.8 Å². The third-order valence-corrected chi connectivity index (χ3v) is 3.57. The average Bonchev–Trinajstić information content (AvgIpc) is 2.53. The van der Waals surface area contributed by atoms with Gasteiger partial charge in [0.05, 0.1) is 0 Å². The second kappa shape index (κ2) is 8.30. The molecule has 7 heteroatoms. The summed E-state index contributed by atoms with van der Waals surface area (Å²) in [5, 5.41) is 3.11. The molecular formula is C18H17ClN2O4. The lowest BCUT2D eigenvalue weighted by Crippen LogP contribution is -2.45. The summed E-state index contributed by atoms with van der Waals surface area (Å²) in [6.07, 6.45) is 0.214. The van der Waals surface area contributed by atoms with Gasteiger partial charge in [-0.25, -0.2) is 0 Å².